The first kappa shape index (κ1) is 9.50. The van der Waals surface area contributed by atoms with E-state index in [1.165, 1.54) is 5.57 Å². The van der Waals surface area contributed by atoms with Crippen molar-refractivity contribution in [3.63, 3.8) is 0 Å². The Kier molecular flexibility index (Phi) is 3.25. The van der Waals surface area contributed by atoms with Gasteiger partial charge in [0.25, 0.3) is 0 Å². The Balaban J connectivity index is 1.97. The van der Waals surface area contributed by atoms with Crippen molar-refractivity contribution >= 4 is 11.6 Å². The average Bonchev–Trinajstić information content (AvgIpc) is 2.19. The molecule has 0 radical (unpaired) electrons. The second kappa shape index (κ2) is 4.45. The topological polar surface area (TPSA) is 21.3 Å². The maximum Gasteiger partial charge on any atom is 0.0643 e. The lowest BCUT2D eigenvalue weighted by Gasteiger charge is -2.28. The maximum absolute atomic E-state index is 6.06. The summed E-state index contributed by atoms with van der Waals surface area (Å²) in [7, 11) is 0. The van der Waals surface area contributed by atoms with E-state index in [2.05, 4.69) is 11.4 Å². The second-order valence-electron chi connectivity index (χ2n) is 3.78. The minimum absolute atomic E-state index is 0.187. The van der Waals surface area contributed by atoms with Gasteiger partial charge >= 0.3 is 0 Å². The summed E-state index contributed by atoms with van der Waals surface area (Å²) in [5.74, 6) is 0.711. The molecule has 0 amide bonds. The van der Waals surface area contributed by atoms with Gasteiger partial charge in [0, 0.05) is 26.3 Å². The number of nitrogens with one attached hydrogen (secondary N) is 1. The first-order valence-corrected chi connectivity index (χ1v) is 5.43. The van der Waals surface area contributed by atoms with Gasteiger partial charge in [0.05, 0.1) is 5.38 Å². The van der Waals surface area contributed by atoms with Crippen LogP contribution in [0.1, 0.15) is 12.8 Å². The zero-order chi connectivity index (χ0) is 9.10. The summed E-state index contributed by atoms with van der Waals surface area (Å²) < 4.78 is 5.34. The van der Waals surface area contributed by atoms with Gasteiger partial charge in [-0.1, -0.05) is 11.6 Å². The van der Waals surface area contributed by atoms with E-state index < -0.39 is 0 Å². The monoisotopic (exact) mass is 201 g/mol. The Morgan fingerprint density at radius 3 is 2.85 bits per heavy atom. The first-order valence-electron chi connectivity index (χ1n) is 4.99. The number of ether oxygens (including phenoxy) is 1. The van der Waals surface area contributed by atoms with Gasteiger partial charge in [-0.3, -0.25) is 0 Å². The standard InChI is InChI=1S/C10H16ClNO/c11-10-5-9(6-12-7-10)8-1-3-13-4-2-8/h5,8,10,12H,1-4,6-7H2. The molecule has 0 bridgehead atoms. The van der Waals surface area contributed by atoms with Gasteiger partial charge in [-0.25, -0.2) is 0 Å². The van der Waals surface area contributed by atoms with E-state index in [0.717, 1.165) is 39.1 Å². The van der Waals surface area contributed by atoms with Gasteiger partial charge < -0.3 is 10.1 Å². The summed E-state index contributed by atoms with van der Waals surface area (Å²) in [4.78, 5) is 0. The number of hydrogen-bond acceptors (Lipinski definition) is 2. The largest absolute Gasteiger partial charge is 0.381 e. The zero-order valence-electron chi connectivity index (χ0n) is 7.76. The third kappa shape index (κ3) is 2.46. The molecule has 1 atom stereocenters. The van der Waals surface area contributed by atoms with Crippen molar-refractivity contribution < 1.29 is 4.74 Å². The van der Waals surface area contributed by atoms with Crippen molar-refractivity contribution in [3.8, 4) is 0 Å². The third-order valence-electron chi connectivity index (χ3n) is 2.81. The molecule has 1 unspecified atom stereocenters. The lowest BCUT2D eigenvalue weighted by molar-refractivity contribution is 0.0749. The third-order valence-corrected chi connectivity index (χ3v) is 3.09. The normalized spacial score (nSPS) is 31.5. The van der Waals surface area contributed by atoms with Crippen LogP contribution in [0.3, 0.4) is 0 Å². The minimum Gasteiger partial charge on any atom is -0.381 e. The molecular weight excluding hydrogens is 186 g/mol. The van der Waals surface area contributed by atoms with Crippen LogP contribution in [0.15, 0.2) is 11.6 Å². The molecular formula is C10H16ClNO. The molecule has 1 fully saturated rings. The van der Waals surface area contributed by atoms with Crippen LogP contribution in [0.2, 0.25) is 0 Å². The van der Waals surface area contributed by atoms with E-state index in [4.69, 9.17) is 16.3 Å². The van der Waals surface area contributed by atoms with Crippen LogP contribution in [-0.4, -0.2) is 31.7 Å². The number of hydrogen-bond donors (Lipinski definition) is 1. The van der Waals surface area contributed by atoms with Crippen LogP contribution in [0.4, 0.5) is 0 Å². The lowest BCUT2D eigenvalue weighted by Crippen LogP contribution is -2.33. The van der Waals surface area contributed by atoms with Gasteiger partial charge in [0.2, 0.25) is 0 Å². The molecule has 0 saturated carbocycles. The molecule has 0 aromatic carbocycles. The Morgan fingerprint density at radius 1 is 1.38 bits per heavy atom. The van der Waals surface area contributed by atoms with Gasteiger partial charge in [0.1, 0.15) is 0 Å². The van der Waals surface area contributed by atoms with Crippen LogP contribution in [-0.2, 0) is 4.74 Å². The number of rotatable bonds is 1. The summed E-state index contributed by atoms with van der Waals surface area (Å²) in [6.07, 6.45) is 4.56. The quantitative estimate of drug-likeness (QED) is 0.514. The second-order valence-corrected chi connectivity index (χ2v) is 4.34. The molecule has 0 spiro atoms. The Labute approximate surface area is 84.3 Å². The predicted molar refractivity (Wildman–Crippen MR) is 54.1 cm³/mol. The van der Waals surface area contributed by atoms with Crippen LogP contribution in [0, 0.1) is 5.92 Å². The number of halogens is 1. The molecule has 0 aromatic heterocycles. The fraction of sp³-hybridized carbons (Fsp3) is 0.800. The van der Waals surface area contributed by atoms with Gasteiger partial charge in [-0.2, -0.15) is 0 Å². The molecule has 2 heterocycles. The molecule has 0 aliphatic carbocycles. The van der Waals surface area contributed by atoms with E-state index in [1.807, 2.05) is 0 Å². The highest BCUT2D eigenvalue weighted by Gasteiger charge is 2.21. The SMILES string of the molecule is ClC1C=C(C2CCOCC2)CNC1. The highest BCUT2D eigenvalue weighted by atomic mass is 35.5. The summed E-state index contributed by atoms with van der Waals surface area (Å²) in [6.45, 7) is 3.76. The molecule has 13 heavy (non-hydrogen) atoms. The fourth-order valence-corrected chi connectivity index (χ4v) is 2.32. The van der Waals surface area contributed by atoms with Crippen LogP contribution < -0.4 is 5.32 Å². The van der Waals surface area contributed by atoms with Crippen molar-refractivity contribution in [2.45, 2.75) is 18.2 Å². The van der Waals surface area contributed by atoms with E-state index in [0.29, 0.717) is 5.92 Å². The van der Waals surface area contributed by atoms with Gasteiger partial charge in [-0.15, -0.1) is 11.6 Å². The molecule has 2 nitrogen and oxygen atoms in total. The summed E-state index contributed by atoms with van der Waals surface area (Å²) >= 11 is 6.06. The molecule has 3 heteroatoms. The van der Waals surface area contributed by atoms with Crippen LogP contribution >= 0.6 is 11.6 Å². The van der Waals surface area contributed by atoms with Crippen molar-refractivity contribution in [3.05, 3.63) is 11.6 Å². The van der Waals surface area contributed by atoms with Crippen molar-refractivity contribution in [1.82, 2.24) is 5.32 Å². The molecule has 2 aliphatic rings. The maximum atomic E-state index is 6.06. The molecule has 74 valence electrons. The van der Waals surface area contributed by atoms with Crippen molar-refractivity contribution in [2.24, 2.45) is 5.92 Å². The highest BCUT2D eigenvalue weighted by molar-refractivity contribution is 6.22. The number of alkyl halides is 1. The van der Waals surface area contributed by atoms with E-state index in [-0.39, 0.29) is 5.38 Å². The molecule has 2 aliphatic heterocycles. The van der Waals surface area contributed by atoms with E-state index in [9.17, 15) is 0 Å². The predicted octanol–water partition coefficient (Wildman–Crippen LogP) is 1.55. The summed E-state index contributed by atoms with van der Waals surface area (Å²) in [5, 5.41) is 3.53. The molecule has 1 N–H and O–H groups in total. The minimum atomic E-state index is 0.187. The van der Waals surface area contributed by atoms with Crippen LogP contribution in [0.5, 0.6) is 0 Å². The Hall–Kier alpha value is -0.0500. The zero-order valence-corrected chi connectivity index (χ0v) is 8.52. The summed E-state index contributed by atoms with van der Waals surface area (Å²) in [5.41, 5.74) is 1.49. The van der Waals surface area contributed by atoms with Crippen molar-refractivity contribution in [2.75, 3.05) is 26.3 Å². The molecule has 1 saturated heterocycles. The average molecular weight is 202 g/mol. The van der Waals surface area contributed by atoms with E-state index >= 15 is 0 Å². The Morgan fingerprint density at radius 2 is 2.15 bits per heavy atom. The van der Waals surface area contributed by atoms with Crippen LogP contribution in [0.25, 0.3) is 0 Å². The fourth-order valence-electron chi connectivity index (χ4n) is 2.05. The summed E-state index contributed by atoms with van der Waals surface area (Å²) in [6, 6.07) is 0. The first-order chi connectivity index (χ1) is 6.36. The molecule has 0 aromatic rings. The van der Waals surface area contributed by atoms with E-state index in [1.54, 1.807) is 0 Å². The van der Waals surface area contributed by atoms with Crippen molar-refractivity contribution in [1.29, 1.82) is 0 Å². The molecule has 2 rings (SSSR count). The highest BCUT2D eigenvalue weighted by Crippen LogP contribution is 2.25. The Bertz CT molecular complexity index is 199. The lowest BCUT2D eigenvalue weighted by atomic mass is 9.89. The van der Waals surface area contributed by atoms with Gasteiger partial charge in [0.15, 0.2) is 0 Å². The smallest absolute Gasteiger partial charge is 0.0643 e. The van der Waals surface area contributed by atoms with Gasteiger partial charge in [-0.05, 0) is 18.8 Å².